The molecule has 1 fully saturated rings. The third kappa shape index (κ3) is 3.72. The van der Waals surface area contributed by atoms with Gasteiger partial charge in [-0.15, -0.1) is 0 Å². The molecule has 112 valence electrons. The second-order valence-corrected chi connectivity index (χ2v) is 5.96. The molecule has 0 aliphatic carbocycles. The average Bonchev–Trinajstić information content (AvgIpc) is 2.65. The van der Waals surface area contributed by atoms with E-state index < -0.39 is 6.10 Å². The Morgan fingerprint density at radius 1 is 1.35 bits per heavy atom. The molecule has 0 amide bonds. The largest absolute Gasteiger partial charge is 0.389 e. The molecule has 1 aliphatic heterocycles. The SMILES string of the molecule is CCCC1CCCN(c2ccc(C(C)O)cc2F)CC1. The van der Waals surface area contributed by atoms with Crippen molar-refractivity contribution in [2.75, 3.05) is 18.0 Å². The summed E-state index contributed by atoms with van der Waals surface area (Å²) in [7, 11) is 0. The highest BCUT2D eigenvalue weighted by Crippen LogP contribution is 2.28. The third-order valence-electron chi connectivity index (χ3n) is 4.34. The summed E-state index contributed by atoms with van der Waals surface area (Å²) in [6.07, 6.45) is 5.47. The quantitative estimate of drug-likeness (QED) is 0.889. The van der Waals surface area contributed by atoms with Crippen LogP contribution in [0.5, 0.6) is 0 Å². The van der Waals surface area contributed by atoms with E-state index in [1.165, 1.54) is 25.3 Å². The molecule has 1 aromatic rings. The number of hydrogen-bond acceptors (Lipinski definition) is 2. The molecule has 2 nitrogen and oxygen atoms in total. The standard InChI is InChI=1S/C17H26FNO/c1-3-5-14-6-4-10-19(11-9-14)17-8-7-15(13(2)20)12-16(17)18/h7-8,12-14,20H,3-6,9-11H2,1-2H3. The molecule has 2 unspecified atom stereocenters. The highest BCUT2D eigenvalue weighted by molar-refractivity contribution is 5.49. The molecule has 1 aromatic carbocycles. The first-order valence-corrected chi connectivity index (χ1v) is 7.84. The van der Waals surface area contributed by atoms with Crippen molar-refractivity contribution in [2.45, 2.75) is 52.1 Å². The summed E-state index contributed by atoms with van der Waals surface area (Å²) in [5.74, 6) is 0.585. The van der Waals surface area contributed by atoms with Gasteiger partial charge in [0.15, 0.2) is 0 Å². The normalized spacial score (nSPS) is 21.6. The summed E-state index contributed by atoms with van der Waals surface area (Å²) in [5.41, 5.74) is 1.33. The molecule has 1 saturated heterocycles. The van der Waals surface area contributed by atoms with E-state index in [2.05, 4.69) is 11.8 Å². The van der Waals surface area contributed by atoms with Crippen molar-refractivity contribution in [3.8, 4) is 0 Å². The van der Waals surface area contributed by atoms with Crippen LogP contribution in [0.15, 0.2) is 18.2 Å². The van der Waals surface area contributed by atoms with Gasteiger partial charge in [-0.25, -0.2) is 4.39 Å². The Labute approximate surface area is 121 Å². The van der Waals surface area contributed by atoms with Gasteiger partial charge in [-0.2, -0.15) is 0 Å². The van der Waals surface area contributed by atoms with Crippen LogP contribution in [0.3, 0.4) is 0 Å². The minimum atomic E-state index is -0.614. The van der Waals surface area contributed by atoms with Crippen LogP contribution in [-0.2, 0) is 0 Å². The lowest BCUT2D eigenvalue weighted by Crippen LogP contribution is -2.25. The molecule has 1 heterocycles. The van der Waals surface area contributed by atoms with E-state index in [0.717, 1.165) is 31.8 Å². The van der Waals surface area contributed by atoms with Crippen molar-refractivity contribution in [3.63, 3.8) is 0 Å². The van der Waals surface area contributed by atoms with Crippen LogP contribution in [-0.4, -0.2) is 18.2 Å². The van der Waals surface area contributed by atoms with Crippen LogP contribution in [0.4, 0.5) is 10.1 Å². The summed E-state index contributed by atoms with van der Waals surface area (Å²) >= 11 is 0. The van der Waals surface area contributed by atoms with Gasteiger partial charge in [-0.3, -0.25) is 0 Å². The molecule has 3 heteroatoms. The summed E-state index contributed by atoms with van der Waals surface area (Å²) in [4.78, 5) is 2.16. The predicted octanol–water partition coefficient (Wildman–Crippen LogP) is 4.29. The maximum Gasteiger partial charge on any atom is 0.146 e. The maximum atomic E-state index is 14.2. The van der Waals surface area contributed by atoms with Crippen LogP contribution in [0, 0.1) is 11.7 Å². The fourth-order valence-corrected chi connectivity index (χ4v) is 3.14. The number of aliphatic hydroxyl groups is 1. The number of aliphatic hydroxyl groups excluding tert-OH is 1. The van der Waals surface area contributed by atoms with Crippen LogP contribution in [0.2, 0.25) is 0 Å². The van der Waals surface area contributed by atoms with E-state index in [9.17, 15) is 9.50 Å². The smallest absolute Gasteiger partial charge is 0.146 e. The van der Waals surface area contributed by atoms with E-state index in [4.69, 9.17) is 0 Å². The second-order valence-electron chi connectivity index (χ2n) is 5.96. The summed E-state index contributed by atoms with van der Waals surface area (Å²) in [6, 6.07) is 5.11. The fraction of sp³-hybridized carbons (Fsp3) is 0.647. The Morgan fingerprint density at radius 2 is 2.15 bits per heavy atom. The molecule has 0 aromatic heterocycles. The first kappa shape index (κ1) is 15.3. The van der Waals surface area contributed by atoms with Crippen molar-refractivity contribution >= 4 is 5.69 Å². The van der Waals surface area contributed by atoms with Crippen molar-refractivity contribution in [1.29, 1.82) is 0 Å². The number of halogens is 1. The van der Waals surface area contributed by atoms with Crippen molar-refractivity contribution in [3.05, 3.63) is 29.6 Å². The molecule has 0 saturated carbocycles. The number of rotatable bonds is 4. The van der Waals surface area contributed by atoms with Crippen LogP contribution >= 0.6 is 0 Å². The lowest BCUT2D eigenvalue weighted by atomic mass is 9.96. The van der Waals surface area contributed by atoms with Gasteiger partial charge in [0.2, 0.25) is 0 Å². The zero-order valence-electron chi connectivity index (χ0n) is 12.6. The van der Waals surface area contributed by atoms with Gasteiger partial charge in [0.25, 0.3) is 0 Å². The Bertz CT molecular complexity index is 433. The lowest BCUT2D eigenvalue weighted by molar-refractivity contribution is 0.199. The van der Waals surface area contributed by atoms with Crippen LogP contribution in [0.1, 0.15) is 57.6 Å². The summed E-state index contributed by atoms with van der Waals surface area (Å²) < 4.78 is 14.2. The molecule has 1 N–H and O–H groups in total. The molecule has 20 heavy (non-hydrogen) atoms. The van der Waals surface area contributed by atoms with Gasteiger partial charge in [-0.05, 0) is 49.8 Å². The number of anilines is 1. The molecule has 2 atom stereocenters. The number of benzene rings is 1. The second kappa shape index (κ2) is 7.07. The number of nitrogens with zero attached hydrogens (tertiary/aromatic N) is 1. The number of hydrogen-bond donors (Lipinski definition) is 1. The lowest BCUT2D eigenvalue weighted by Gasteiger charge is -2.24. The molecule has 0 radical (unpaired) electrons. The molecule has 1 aliphatic rings. The molecule has 0 spiro atoms. The van der Waals surface area contributed by atoms with E-state index in [-0.39, 0.29) is 5.82 Å². The molecular weight excluding hydrogens is 253 g/mol. The van der Waals surface area contributed by atoms with Crippen molar-refractivity contribution in [1.82, 2.24) is 0 Å². The zero-order chi connectivity index (χ0) is 14.5. The molecule has 0 bridgehead atoms. The summed E-state index contributed by atoms with van der Waals surface area (Å²) in [5, 5.41) is 9.51. The van der Waals surface area contributed by atoms with E-state index in [1.807, 2.05) is 12.1 Å². The summed E-state index contributed by atoms with van der Waals surface area (Å²) in [6.45, 7) is 5.77. The Kier molecular flexibility index (Phi) is 5.41. The topological polar surface area (TPSA) is 23.5 Å². The fourth-order valence-electron chi connectivity index (χ4n) is 3.14. The van der Waals surface area contributed by atoms with Gasteiger partial charge in [0, 0.05) is 13.1 Å². The minimum Gasteiger partial charge on any atom is -0.389 e. The van der Waals surface area contributed by atoms with Gasteiger partial charge >= 0.3 is 0 Å². The Balaban J connectivity index is 2.07. The van der Waals surface area contributed by atoms with Crippen LogP contribution in [0.25, 0.3) is 0 Å². The first-order valence-electron chi connectivity index (χ1n) is 7.84. The van der Waals surface area contributed by atoms with E-state index >= 15 is 0 Å². The first-order chi connectivity index (χ1) is 9.61. The van der Waals surface area contributed by atoms with Crippen molar-refractivity contribution in [2.24, 2.45) is 5.92 Å². The monoisotopic (exact) mass is 279 g/mol. The molecule has 2 rings (SSSR count). The minimum absolute atomic E-state index is 0.211. The van der Waals surface area contributed by atoms with Gasteiger partial charge in [0.1, 0.15) is 5.82 Å². The Morgan fingerprint density at radius 3 is 2.80 bits per heavy atom. The van der Waals surface area contributed by atoms with E-state index in [1.54, 1.807) is 6.92 Å². The van der Waals surface area contributed by atoms with E-state index in [0.29, 0.717) is 11.3 Å². The van der Waals surface area contributed by atoms with Gasteiger partial charge in [0.05, 0.1) is 11.8 Å². The van der Waals surface area contributed by atoms with Crippen LogP contribution < -0.4 is 4.90 Å². The predicted molar refractivity (Wildman–Crippen MR) is 81.5 cm³/mol. The zero-order valence-corrected chi connectivity index (χ0v) is 12.6. The van der Waals surface area contributed by atoms with Gasteiger partial charge < -0.3 is 10.0 Å². The molecular formula is C17H26FNO. The highest BCUT2D eigenvalue weighted by atomic mass is 19.1. The Hall–Kier alpha value is -1.09. The highest BCUT2D eigenvalue weighted by Gasteiger charge is 2.19. The van der Waals surface area contributed by atoms with Gasteiger partial charge in [-0.1, -0.05) is 25.8 Å². The average molecular weight is 279 g/mol. The third-order valence-corrected chi connectivity index (χ3v) is 4.34. The van der Waals surface area contributed by atoms with Crippen molar-refractivity contribution < 1.29 is 9.50 Å². The maximum absolute atomic E-state index is 14.2.